The topological polar surface area (TPSA) is 62.4 Å². The number of hydrogen-bond acceptors (Lipinski definition) is 5. The summed E-state index contributed by atoms with van der Waals surface area (Å²) in [5.74, 6) is 0.415. The van der Waals surface area contributed by atoms with Gasteiger partial charge < -0.3 is 15.7 Å². The number of nitrogens with two attached hydrogens (primary N) is 1. The fraction of sp³-hybridized carbons (Fsp3) is 0.750. The first kappa shape index (κ1) is 14.6. The molecule has 1 heterocycles. The van der Waals surface area contributed by atoms with Crippen LogP contribution in [0.4, 0.5) is 0 Å². The fourth-order valence-electron chi connectivity index (χ4n) is 1.80. The number of nitrogens with zero attached hydrogens (tertiary/aromatic N) is 2. The van der Waals surface area contributed by atoms with E-state index in [4.69, 9.17) is 10.8 Å². The lowest BCUT2D eigenvalue weighted by Crippen LogP contribution is -2.30. The number of hydrogen-bond donors (Lipinski definition) is 2. The number of rotatable bonds is 8. The zero-order chi connectivity index (χ0) is 12.7. The Morgan fingerprint density at radius 1 is 1.59 bits per heavy atom. The molecule has 0 saturated heterocycles. The highest BCUT2D eigenvalue weighted by Crippen LogP contribution is 2.21. The van der Waals surface area contributed by atoms with Crippen LogP contribution in [0.3, 0.4) is 0 Å². The first-order chi connectivity index (χ1) is 8.21. The molecule has 1 aromatic rings. The summed E-state index contributed by atoms with van der Waals surface area (Å²) in [6.07, 6.45) is 0.858. The van der Waals surface area contributed by atoms with Crippen molar-refractivity contribution in [3.8, 4) is 0 Å². The van der Waals surface area contributed by atoms with Gasteiger partial charge in [-0.15, -0.1) is 11.3 Å². The minimum Gasteiger partial charge on any atom is -0.395 e. The number of likely N-dealkylation sites (N-methyl/N-ethyl adjacent to an activating group) is 1. The highest BCUT2D eigenvalue weighted by Gasteiger charge is 2.13. The molecule has 0 aliphatic carbocycles. The van der Waals surface area contributed by atoms with Gasteiger partial charge in [0, 0.05) is 30.8 Å². The van der Waals surface area contributed by atoms with Crippen molar-refractivity contribution < 1.29 is 5.11 Å². The normalized spacial score (nSPS) is 13.2. The first-order valence-corrected chi connectivity index (χ1v) is 7.06. The molecule has 0 fully saturated rings. The van der Waals surface area contributed by atoms with Gasteiger partial charge in [0.25, 0.3) is 0 Å². The summed E-state index contributed by atoms with van der Waals surface area (Å²) in [5, 5.41) is 12.2. The second kappa shape index (κ2) is 7.76. The summed E-state index contributed by atoms with van der Waals surface area (Å²) < 4.78 is 0. The molecule has 0 saturated carbocycles. The van der Waals surface area contributed by atoms with Crippen molar-refractivity contribution in [2.75, 3.05) is 32.8 Å². The van der Waals surface area contributed by atoms with Crippen LogP contribution < -0.4 is 5.73 Å². The predicted octanol–water partition coefficient (Wildman–Crippen LogP) is 1.06. The zero-order valence-electron chi connectivity index (χ0n) is 10.7. The van der Waals surface area contributed by atoms with Crippen LogP contribution in [0.5, 0.6) is 0 Å². The average Bonchev–Trinajstić information content (AvgIpc) is 2.77. The average molecular weight is 257 g/mol. The Labute approximate surface area is 107 Å². The standard InChI is InChI=1S/C12H23N3OS/c1-3-15(6-7-16)8-10(2)12-14-11(4-5-13)9-17-12/h9-10,16H,3-8,13H2,1-2H3. The van der Waals surface area contributed by atoms with Crippen molar-refractivity contribution in [3.05, 3.63) is 16.1 Å². The highest BCUT2D eigenvalue weighted by molar-refractivity contribution is 7.09. The molecular weight excluding hydrogens is 234 g/mol. The predicted molar refractivity (Wildman–Crippen MR) is 72.5 cm³/mol. The fourth-order valence-corrected chi connectivity index (χ4v) is 2.70. The van der Waals surface area contributed by atoms with E-state index in [0.717, 1.165) is 31.7 Å². The minimum atomic E-state index is 0.219. The Hall–Kier alpha value is -0.490. The van der Waals surface area contributed by atoms with E-state index < -0.39 is 0 Å². The van der Waals surface area contributed by atoms with Gasteiger partial charge in [-0.1, -0.05) is 13.8 Å². The van der Waals surface area contributed by atoms with E-state index in [1.807, 2.05) is 0 Å². The summed E-state index contributed by atoms with van der Waals surface area (Å²) in [7, 11) is 0. The summed E-state index contributed by atoms with van der Waals surface area (Å²) in [6.45, 7) is 7.83. The van der Waals surface area contributed by atoms with Crippen molar-refractivity contribution in [1.29, 1.82) is 0 Å². The Morgan fingerprint density at radius 3 is 2.94 bits per heavy atom. The largest absolute Gasteiger partial charge is 0.395 e. The maximum Gasteiger partial charge on any atom is 0.0969 e. The minimum absolute atomic E-state index is 0.219. The van der Waals surface area contributed by atoms with Crippen LogP contribution in [0.2, 0.25) is 0 Å². The summed E-state index contributed by atoms with van der Waals surface area (Å²) in [5.41, 5.74) is 6.62. The number of aliphatic hydroxyl groups is 1. The molecule has 3 N–H and O–H groups in total. The molecule has 4 nitrogen and oxygen atoms in total. The van der Waals surface area contributed by atoms with E-state index in [1.54, 1.807) is 11.3 Å². The Bertz CT molecular complexity index is 316. The van der Waals surface area contributed by atoms with Gasteiger partial charge in [0.05, 0.1) is 17.3 Å². The molecule has 0 radical (unpaired) electrons. The van der Waals surface area contributed by atoms with Gasteiger partial charge in [0.2, 0.25) is 0 Å². The monoisotopic (exact) mass is 257 g/mol. The van der Waals surface area contributed by atoms with Crippen molar-refractivity contribution in [1.82, 2.24) is 9.88 Å². The van der Waals surface area contributed by atoms with Crippen molar-refractivity contribution in [2.45, 2.75) is 26.2 Å². The molecule has 17 heavy (non-hydrogen) atoms. The smallest absolute Gasteiger partial charge is 0.0969 e. The third kappa shape index (κ3) is 4.71. The molecular formula is C12H23N3OS. The molecule has 0 amide bonds. The molecule has 98 valence electrons. The van der Waals surface area contributed by atoms with Gasteiger partial charge in [-0.25, -0.2) is 4.98 Å². The summed E-state index contributed by atoms with van der Waals surface area (Å²) in [6, 6.07) is 0. The zero-order valence-corrected chi connectivity index (χ0v) is 11.5. The lowest BCUT2D eigenvalue weighted by Gasteiger charge is -2.22. The van der Waals surface area contributed by atoms with Crippen LogP contribution in [-0.2, 0) is 6.42 Å². The van der Waals surface area contributed by atoms with Crippen molar-refractivity contribution in [3.63, 3.8) is 0 Å². The SMILES string of the molecule is CCN(CCO)CC(C)c1nc(CCN)cs1. The Balaban J connectivity index is 2.52. The maximum atomic E-state index is 8.96. The van der Waals surface area contributed by atoms with Gasteiger partial charge >= 0.3 is 0 Å². The van der Waals surface area contributed by atoms with Crippen LogP contribution >= 0.6 is 11.3 Å². The lowest BCUT2D eigenvalue weighted by molar-refractivity contribution is 0.196. The maximum absolute atomic E-state index is 8.96. The van der Waals surface area contributed by atoms with Gasteiger partial charge in [-0.05, 0) is 13.1 Å². The highest BCUT2D eigenvalue weighted by atomic mass is 32.1. The molecule has 0 aliphatic rings. The second-order valence-electron chi connectivity index (χ2n) is 4.23. The molecule has 1 unspecified atom stereocenters. The molecule has 1 aromatic heterocycles. The molecule has 1 rings (SSSR count). The first-order valence-electron chi connectivity index (χ1n) is 6.18. The van der Waals surface area contributed by atoms with Gasteiger partial charge in [-0.2, -0.15) is 0 Å². The molecule has 0 aliphatic heterocycles. The van der Waals surface area contributed by atoms with Crippen molar-refractivity contribution >= 4 is 11.3 Å². The van der Waals surface area contributed by atoms with Gasteiger partial charge in [0.1, 0.15) is 0 Å². The van der Waals surface area contributed by atoms with Crippen molar-refractivity contribution in [2.24, 2.45) is 5.73 Å². The van der Waals surface area contributed by atoms with Crippen LogP contribution in [-0.4, -0.2) is 47.8 Å². The Morgan fingerprint density at radius 2 is 2.35 bits per heavy atom. The lowest BCUT2D eigenvalue weighted by atomic mass is 10.2. The van der Waals surface area contributed by atoms with E-state index in [0.29, 0.717) is 12.5 Å². The molecule has 0 bridgehead atoms. The van der Waals surface area contributed by atoms with Gasteiger partial charge in [-0.3, -0.25) is 0 Å². The van der Waals surface area contributed by atoms with E-state index in [9.17, 15) is 0 Å². The summed E-state index contributed by atoms with van der Waals surface area (Å²) in [4.78, 5) is 6.84. The van der Waals surface area contributed by atoms with E-state index in [2.05, 4.69) is 29.1 Å². The summed E-state index contributed by atoms with van der Waals surface area (Å²) >= 11 is 1.71. The molecule has 1 atom stereocenters. The quantitative estimate of drug-likeness (QED) is 0.731. The second-order valence-corrected chi connectivity index (χ2v) is 5.12. The van der Waals surface area contributed by atoms with Gasteiger partial charge in [0.15, 0.2) is 0 Å². The van der Waals surface area contributed by atoms with Crippen LogP contribution in [0.25, 0.3) is 0 Å². The third-order valence-corrected chi connectivity index (χ3v) is 3.91. The number of aromatic nitrogens is 1. The third-order valence-electron chi connectivity index (χ3n) is 2.79. The van der Waals surface area contributed by atoms with Crippen LogP contribution in [0.1, 0.15) is 30.5 Å². The van der Waals surface area contributed by atoms with E-state index in [1.165, 1.54) is 5.01 Å². The molecule has 5 heteroatoms. The van der Waals surface area contributed by atoms with Crippen LogP contribution in [0, 0.1) is 0 Å². The molecule has 0 aromatic carbocycles. The van der Waals surface area contributed by atoms with E-state index in [-0.39, 0.29) is 6.61 Å². The van der Waals surface area contributed by atoms with Crippen LogP contribution in [0.15, 0.2) is 5.38 Å². The molecule has 0 spiro atoms. The number of aliphatic hydroxyl groups excluding tert-OH is 1. The number of thiazole rings is 1. The van der Waals surface area contributed by atoms with E-state index >= 15 is 0 Å². The Kier molecular flexibility index (Phi) is 6.65.